The fraction of sp³-hybridized carbons (Fsp3) is 0.208. The average Bonchev–Trinajstić information content (AvgIpc) is 3.15. The molecule has 1 nitrogen and oxygen atoms in total. The van der Waals surface area contributed by atoms with Crippen molar-refractivity contribution in [3.05, 3.63) is 93.2 Å². The summed E-state index contributed by atoms with van der Waals surface area (Å²) in [7, 11) is 0. The van der Waals surface area contributed by atoms with E-state index in [9.17, 15) is 4.79 Å². The summed E-state index contributed by atoms with van der Waals surface area (Å²) in [6.45, 7) is 2.21. The molecule has 0 aliphatic heterocycles. The number of ketones is 1. The molecule has 1 aromatic heterocycles. The van der Waals surface area contributed by atoms with Crippen molar-refractivity contribution in [1.29, 1.82) is 0 Å². The van der Waals surface area contributed by atoms with E-state index in [1.807, 2.05) is 42.5 Å². The summed E-state index contributed by atoms with van der Waals surface area (Å²) in [6.07, 6.45) is 4.00. The SMILES string of the molecule is CCCCc1ccc(C#Cc2ccc(C(=O)Cc3ccccc3)s2)cc1. The van der Waals surface area contributed by atoms with Gasteiger partial charge in [-0.1, -0.05) is 67.6 Å². The van der Waals surface area contributed by atoms with Gasteiger partial charge in [0.05, 0.1) is 9.75 Å². The van der Waals surface area contributed by atoms with Crippen molar-refractivity contribution < 1.29 is 4.79 Å². The van der Waals surface area contributed by atoms with Crippen LogP contribution in [0.3, 0.4) is 0 Å². The van der Waals surface area contributed by atoms with Crippen molar-refractivity contribution in [1.82, 2.24) is 0 Å². The lowest BCUT2D eigenvalue weighted by atomic mass is 10.1. The van der Waals surface area contributed by atoms with Gasteiger partial charge in [0.1, 0.15) is 0 Å². The van der Waals surface area contributed by atoms with Crippen LogP contribution in [0, 0.1) is 11.8 Å². The van der Waals surface area contributed by atoms with Gasteiger partial charge in [-0.3, -0.25) is 4.79 Å². The van der Waals surface area contributed by atoms with E-state index in [1.54, 1.807) is 0 Å². The molecule has 0 N–H and O–H groups in total. The summed E-state index contributed by atoms with van der Waals surface area (Å²) >= 11 is 1.47. The lowest BCUT2D eigenvalue weighted by Gasteiger charge is -1.99. The second kappa shape index (κ2) is 9.17. The molecule has 0 aliphatic rings. The number of hydrogen-bond acceptors (Lipinski definition) is 2. The van der Waals surface area contributed by atoms with Crippen LogP contribution in [-0.4, -0.2) is 5.78 Å². The molecule has 0 saturated carbocycles. The second-order valence-electron chi connectivity index (χ2n) is 6.30. The zero-order valence-electron chi connectivity index (χ0n) is 15.0. The first-order valence-corrected chi connectivity index (χ1v) is 9.84. The Labute approximate surface area is 159 Å². The first kappa shape index (κ1) is 18.2. The van der Waals surface area contributed by atoms with Crippen molar-refractivity contribution in [2.24, 2.45) is 0 Å². The fourth-order valence-electron chi connectivity index (χ4n) is 2.69. The molecule has 0 unspecified atom stereocenters. The van der Waals surface area contributed by atoms with E-state index in [4.69, 9.17) is 0 Å². The van der Waals surface area contributed by atoms with E-state index in [-0.39, 0.29) is 5.78 Å². The number of carbonyl (C=O) groups excluding carboxylic acids is 1. The summed E-state index contributed by atoms with van der Waals surface area (Å²) in [5, 5.41) is 0. The Morgan fingerprint density at radius 2 is 1.65 bits per heavy atom. The van der Waals surface area contributed by atoms with Crippen LogP contribution in [0.1, 0.15) is 51.0 Å². The molecule has 2 aromatic carbocycles. The lowest BCUT2D eigenvalue weighted by molar-refractivity contribution is 0.0997. The van der Waals surface area contributed by atoms with E-state index in [1.165, 1.54) is 29.7 Å². The summed E-state index contributed by atoms with van der Waals surface area (Å²) < 4.78 is 0. The lowest BCUT2D eigenvalue weighted by Crippen LogP contribution is -2.00. The Kier molecular flexibility index (Phi) is 6.41. The van der Waals surface area contributed by atoms with Gasteiger partial charge in [0.15, 0.2) is 5.78 Å². The van der Waals surface area contributed by atoms with Gasteiger partial charge in [-0.2, -0.15) is 0 Å². The van der Waals surface area contributed by atoms with Gasteiger partial charge in [-0.25, -0.2) is 0 Å². The maximum absolute atomic E-state index is 12.4. The van der Waals surface area contributed by atoms with Gasteiger partial charge in [0.25, 0.3) is 0 Å². The summed E-state index contributed by atoms with van der Waals surface area (Å²) in [5.41, 5.74) is 3.42. The molecule has 130 valence electrons. The number of thiophene rings is 1. The number of benzene rings is 2. The third-order valence-electron chi connectivity index (χ3n) is 4.19. The van der Waals surface area contributed by atoms with Gasteiger partial charge >= 0.3 is 0 Å². The van der Waals surface area contributed by atoms with Crippen molar-refractivity contribution in [2.45, 2.75) is 32.6 Å². The minimum Gasteiger partial charge on any atom is -0.293 e. The molecule has 0 spiro atoms. The molecule has 26 heavy (non-hydrogen) atoms. The molecule has 0 bridgehead atoms. The Balaban J connectivity index is 1.63. The van der Waals surface area contributed by atoms with Gasteiger partial charge in [0.2, 0.25) is 0 Å². The Morgan fingerprint density at radius 1 is 0.885 bits per heavy atom. The monoisotopic (exact) mass is 358 g/mol. The predicted octanol–water partition coefficient (Wildman–Crippen LogP) is 5.92. The van der Waals surface area contributed by atoms with Crippen LogP contribution >= 0.6 is 11.3 Å². The highest BCUT2D eigenvalue weighted by Gasteiger charge is 2.09. The number of rotatable bonds is 6. The highest BCUT2D eigenvalue weighted by Crippen LogP contribution is 2.18. The van der Waals surface area contributed by atoms with Crippen LogP contribution in [0.25, 0.3) is 0 Å². The van der Waals surface area contributed by atoms with Crippen molar-refractivity contribution >= 4 is 17.1 Å². The molecular formula is C24H22OS. The molecule has 0 radical (unpaired) electrons. The maximum Gasteiger partial charge on any atom is 0.177 e. The molecule has 0 fully saturated rings. The van der Waals surface area contributed by atoms with Crippen LogP contribution in [-0.2, 0) is 12.8 Å². The third-order valence-corrected chi connectivity index (χ3v) is 5.23. The molecule has 2 heteroatoms. The summed E-state index contributed by atoms with van der Waals surface area (Å²) in [6, 6.07) is 22.1. The smallest absolute Gasteiger partial charge is 0.177 e. The molecule has 3 rings (SSSR count). The van der Waals surface area contributed by atoms with E-state index in [2.05, 4.69) is 43.0 Å². The highest BCUT2D eigenvalue weighted by molar-refractivity contribution is 7.14. The maximum atomic E-state index is 12.4. The highest BCUT2D eigenvalue weighted by atomic mass is 32.1. The minimum atomic E-state index is 0.148. The van der Waals surface area contributed by atoms with E-state index >= 15 is 0 Å². The first-order valence-electron chi connectivity index (χ1n) is 9.02. The predicted molar refractivity (Wildman–Crippen MR) is 110 cm³/mol. The Hall–Kier alpha value is -2.63. The molecule has 0 amide bonds. The molecule has 0 saturated heterocycles. The summed E-state index contributed by atoms with van der Waals surface area (Å²) in [5.74, 6) is 6.52. The Morgan fingerprint density at radius 3 is 2.38 bits per heavy atom. The van der Waals surface area contributed by atoms with E-state index < -0.39 is 0 Å². The summed E-state index contributed by atoms with van der Waals surface area (Å²) in [4.78, 5) is 14.1. The zero-order chi connectivity index (χ0) is 18.2. The van der Waals surface area contributed by atoms with E-state index in [0.717, 1.165) is 27.3 Å². The molecular weight excluding hydrogens is 336 g/mol. The molecule has 0 atom stereocenters. The topological polar surface area (TPSA) is 17.1 Å². The Bertz CT molecular complexity index is 908. The number of carbonyl (C=O) groups is 1. The second-order valence-corrected chi connectivity index (χ2v) is 7.38. The van der Waals surface area contributed by atoms with Crippen molar-refractivity contribution in [2.75, 3.05) is 0 Å². The number of Topliss-reactive ketones (excluding diaryl/α,β-unsaturated/α-hetero) is 1. The molecule has 0 aliphatic carbocycles. The van der Waals surface area contributed by atoms with Crippen LogP contribution in [0.15, 0.2) is 66.7 Å². The number of unbranched alkanes of at least 4 members (excludes halogenated alkanes) is 1. The quantitative estimate of drug-likeness (QED) is 0.395. The van der Waals surface area contributed by atoms with Crippen molar-refractivity contribution in [3.63, 3.8) is 0 Å². The third kappa shape index (κ3) is 5.18. The average molecular weight is 359 g/mol. The molecule has 1 heterocycles. The van der Waals surface area contributed by atoms with E-state index in [0.29, 0.717) is 6.42 Å². The first-order chi connectivity index (χ1) is 12.7. The van der Waals surface area contributed by atoms with Gasteiger partial charge in [-0.15, -0.1) is 11.3 Å². The normalized spacial score (nSPS) is 10.2. The standard InChI is InChI=1S/C24H22OS/c1-2-3-7-19-10-12-20(13-11-19)14-15-22-16-17-24(26-22)23(25)18-21-8-5-4-6-9-21/h4-6,8-13,16-17H,2-3,7,18H2,1H3. The van der Waals surface area contributed by atoms with Crippen LogP contribution in [0.5, 0.6) is 0 Å². The fourth-order valence-corrected chi connectivity index (χ4v) is 3.49. The zero-order valence-corrected chi connectivity index (χ0v) is 15.8. The molecule has 3 aromatic rings. The van der Waals surface area contributed by atoms with Crippen LogP contribution < -0.4 is 0 Å². The van der Waals surface area contributed by atoms with Crippen LogP contribution in [0.2, 0.25) is 0 Å². The minimum absolute atomic E-state index is 0.148. The number of hydrogen-bond donors (Lipinski definition) is 0. The van der Waals surface area contributed by atoms with Gasteiger partial charge in [-0.05, 0) is 48.2 Å². The number of aryl methyl sites for hydroxylation is 1. The van der Waals surface area contributed by atoms with Crippen molar-refractivity contribution in [3.8, 4) is 11.8 Å². The van der Waals surface area contributed by atoms with Crippen LogP contribution in [0.4, 0.5) is 0 Å². The largest absolute Gasteiger partial charge is 0.293 e. The van der Waals surface area contributed by atoms with Gasteiger partial charge < -0.3 is 0 Å². The van der Waals surface area contributed by atoms with Gasteiger partial charge in [0, 0.05) is 12.0 Å².